The predicted octanol–water partition coefficient (Wildman–Crippen LogP) is 2.68. The highest BCUT2D eigenvalue weighted by Gasteiger charge is 2.14. The molecule has 6 heteroatoms. The first kappa shape index (κ1) is 17.2. The largest absolute Gasteiger partial charge is 0.497 e. The second-order valence-electron chi connectivity index (χ2n) is 5.33. The highest BCUT2D eigenvalue weighted by molar-refractivity contribution is 7.80. The molecule has 0 aliphatic carbocycles. The van der Waals surface area contributed by atoms with Crippen LogP contribution in [0.5, 0.6) is 5.75 Å². The van der Waals surface area contributed by atoms with Crippen LogP contribution < -0.4 is 15.4 Å². The molecule has 0 aliphatic heterocycles. The van der Waals surface area contributed by atoms with Crippen LogP contribution >= 0.6 is 12.2 Å². The van der Waals surface area contributed by atoms with Crippen LogP contribution in [-0.2, 0) is 0 Å². The summed E-state index contributed by atoms with van der Waals surface area (Å²) >= 11 is 5.36. The molecule has 2 N–H and O–H groups in total. The van der Waals surface area contributed by atoms with Crippen molar-refractivity contribution in [3.8, 4) is 5.75 Å². The highest BCUT2D eigenvalue weighted by atomic mass is 32.1. The van der Waals surface area contributed by atoms with Gasteiger partial charge in [-0.15, -0.1) is 0 Å². The smallest absolute Gasteiger partial charge is 0.170 e. The third-order valence-corrected chi connectivity index (χ3v) is 3.74. The number of nitrogens with zero attached hydrogens (tertiary/aromatic N) is 2. The molecule has 2 rings (SSSR count). The predicted molar refractivity (Wildman–Crippen MR) is 97.9 cm³/mol. The zero-order valence-corrected chi connectivity index (χ0v) is 14.4. The fraction of sp³-hybridized carbons (Fsp3) is 0.294. The second kappa shape index (κ2) is 8.45. The second-order valence-corrected chi connectivity index (χ2v) is 5.74. The minimum absolute atomic E-state index is 0.194. The van der Waals surface area contributed by atoms with Crippen molar-refractivity contribution in [2.75, 3.05) is 33.1 Å². The Morgan fingerprint density at radius 2 is 2.00 bits per heavy atom. The molecule has 0 amide bonds. The molecule has 1 aromatic carbocycles. The van der Waals surface area contributed by atoms with Crippen molar-refractivity contribution in [1.82, 2.24) is 15.2 Å². The molecule has 1 heterocycles. The van der Waals surface area contributed by atoms with E-state index in [1.807, 2.05) is 50.6 Å². The van der Waals surface area contributed by atoms with Crippen LogP contribution in [-0.4, -0.2) is 42.7 Å². The summed E-state index contributed by atoms with van der Waals surface area (Å²) in [4.78, 5) is 6.32. The zero-order valence-electron chi connectivity index (χ0n) is 13.6. The maximum absolute atomic E-state index is 5.36. The van der Waals surface area contributed by atoms with E-state index in [-0.39, 0.29) is 6.04 Å². The Kier molecular flexibility index (Phi) is 6.31. The first-order valence-corrected chi connectivity index (χ1v) is 7.76. The molecule has 0 saturated heterocycles. The van der Waals surface area contributed by atoms with E-state index in [1.54, 1.807) is 13.3 Å². The van der Waals surface area contributed by atoms with Gasteiger partial charge >= 0.3 is 0 Å². The monoisotopic (exact) mass is 330 g/mol. The van der Waals surface area contributed by atoms with Crippen LogP contribution in [0.1, 0.15) is 11.6 Å². The van der Waals surface area contributed by atoms with Gasteiger partial charge < -0.3 is 20.3 Å². The maximum atomic E-state index is 5.36. The molecule has 0 bridgehead atoms. The van der Waals surface area contributed by atoms with Crippen LogP contribution in [0.3, 0.4) is 0 Å². The molecule has 0 fully saturated rings. The van der Waals surface area contributed by atoms with E-state index < -0.39 is 0 Å². The summed E-state index contributed by atoms with van der Waals surface area (Å²) in [5.41, 5.74) is 2.07. The Hall–Kier alpha value is -2.18. The van der Waals surface area contributed by atoms with Crippen molar-refractivity contribution in [3.63, 3.8) is 0 Å². The van der Waals surface area contributed by atoms with Gasteiger partial charge in [0.1, 0.15) is 5.75 Å². The Balaban J connectivity index is 1.91. The average Bonchev–Trinajstić information content (AvgIpc) is 2.56. The van der Waals surface area contributed by atoms with E-state index in [0.717, 1.165) is 17.0 Å². The number of thiocarbonyl (C=S) groups is 1. The fourth-order valence-electron chi connectivity index (χ4n) is 2.21. The molecule has 0 aliphatic rings. The molecule has 0 saturated carbocycles. The third-order valence-electron chi connectivity index (χ3n) is 3.50. The van der Waals surface area contributed by atoms with Crippen LogP contribution in [0.2, 0.25) is 0 Å². The highest BCUT2D eigenvalue weighted by Crippen LogP contribution is 2.17. The topological polar surface area (TPSA) is 49.4 Å². The Morgan fingerprint density at radius 1 is 1.26 bits per heavy atom. The SMILES string of the molecule is COc1ccc(NC(=S)NC[C@H](c2cccnc2)N(C)C)cc1. The van der Waals surface area contributed by atoms with E-state index >= 15 is 0 Å². The lowest BCUT2D eigenvalue weighted by molar-refractivity contribution is 0.298. The summed E-state index contributed by atoms with van der Waals surface area (Å²) in [6, 6.07) is 11.8. The van der Waals surface area contributed by atoms with Gasteiger partial charge in [-0.05, 0) is 62.2 Å². The normalized spacial score (nSPS) is 11.8. The molecule has 2 aromatic rings. The van der Waals surface area contributed by atoms with Crippen LogP contribution in [0.15, 0.2) is 48.8 Å². The number of likely N-dealkylation sites (N-methyl/N-ethyl adjacent to an activating group) is 1. The van der Waals surface area contributed by atoms with Gasteiger partial charge in [-0.3, -0.25) is 4.98 Å². The van der Waals surface area contributed by atoms with E-state index in [4.69, 9.17) is 17.0 Å². The van der Waals surface area contributed by atoms with Gasteiger partial charge in [0.05, 0.1) is 13.2 Å². The third kappa shape index (κ3) is 5.19. The minimum Gasteiger partial charge on any atom is -0.497 e. The number of methoxy groups -OCH3 is 1. The number of rotatable bonds is 6. The summed E-state index contributed by atoms with van der Waals surface area (Å²) in [6.07, 6.45) is 3.66. The first-order chi connectivity index (χ1) is 11.1. The number of anilines is 1. The van der Waals surface area contributed by atoms with E-state index in [9.17, 15) is 0 Å². The molecule has 1 atom stereocenters. The van der Waals surface area contributed by atoms with E-state index in [2.05, 4.69) is 26.6 Å². The summed E-state index contributed by atoms with van der Waals surface area (Å²) in [6.45, 7) is 0.695. The molecule has 23 heavy (non-hydrogen) atoms. The summed E-state index contributed by atoms with van der Waals surface area (Å²) in [5.74, 6) is 0.818. The van der Waals surface area contributed by atoms with E-state index in [1.165, 1.54) is 0 Å². The molecule has 0 spiro atoms. The van der Waals surface area contributed by atoms with Crippen molar-refractivity contribution in [2.45, 2.75) is 6.04 Å². The van der Waals surface area contributed by atoms with Gasteiger partial charge in [0.25, 0.3) is 0 Å². The lowest BCUT2D eigenvalue weighted by atomic mass is 10.1. The van der Waals surface area contributed by atoms with Crippen molar-refractivity contribution < 1.29 is 4.74 Å². The molecule has 1 aromatic heterocycles. The minimum atomic E-state index is 0.194. The summed E-state index contributed by atoms with van der Waals surface area (Å²) in [7, 11) is 5.73. The van der Waals surface area contributed by atoms with E-state index in [0.29, 0.717) is 11.7 Å². The molecule has 5 nitrogen and oxygen atoms in total. The standard InChI is InChI=1S/C17H22N4OS/c1-21(2)16(13-5-4-10-18-11-13)12-19-17(23)20-14-6-8-15(22-3)9-7-14/h4-11,16H,12H2,1-3H3,(H2,19,20,23)/t16-/m1/s1. The lowest BCUT2D eigenvalue weighted by Gasteiger charge is -2.25. The number of hydrogen-bond donors (Lipinski definition) is 2. The maximum Gasteiger partial charge on any atom is 0.170 e. The first-order valence-electron chi connectivity index (χ1n) is 7.35. The average molecular weight is 330 g/mol. The van der Waals surface area contributed by atoms with Gasteiger partial charge in [0.2, 0.25) is 0 Å². The van der Waals surface area contributed by atoms with Gasteiger partial charge in [-0.1, -0.05) is 6.07 Å². The van der Waals surface area contributed by atoms with Crippen molar-refractivity contribution in [2.24, 2.45) is 0 Å². The molecule has 0 unspecified atom stereocenters. The molecule has 122 valence electrons. The van der Waals surface area contributed by atoms with Crippen LogP contribution in [0, 0.1) is 0 Å². The molecular weight excluding hydrogens is 308 g/mol. The van der Waals surface area contributed by atoms with Crippen LogP contribution in [0.4, 0.5) is 5.69 Å². The molecule has 0 radical (unpaired) electrons. The van der Waals surface area contributed by atoms with Crippen molar-refractivity contribution in [1.29, 1.82) is 0 Å². The number of nitrogens with one attached hydrogen (secondary N) is 2. The Morgan fingerprint density at radius 3 is 2.57 bits per heavy atom. The lowest BCUT2D eigenvalue weighted by Crippen LogP contribution is -2.36. The number of benzene rings is 1. The van der Waals surface area contributed by atoms with Gasteiger partial charge in [-0.2, -0.15) is 0 Å². The summed E-state index contributed by atoms with van der Waals surface area (Å²) in [5, 5.41) is 7.02. The zero-order chi connectivity index (χ0) is 16.7. The van der Waals surface area contributed by atoms with Crippen molar-refractivity contribution >= 4 is 23.0 Å². The Labute approximate surface area is 142 Å². The van der Waals surface area contributed by atoms with Crippen LogP contribution in [0.25, 0.3) is 0 Å². The number of ether oxygens (including phenoxy) is 1. The number of hydrogen-bond acceptors (Lipinski definition) is 4. The summed E-state index contributed by atoms with van der Waals surface area (Å²) < 4.78 is 5.14. The molecular formula is C17H22N4OS. The fourth-order valence-corrected chi connectivity index (χ4v) is 2.41. The number of pyridine rings is 1. The van der Waals surface area contributed by atoms with Crippen molar-refractivity contribution in [3.05, 3.63) is 54.4 Å². The van der Waals surface area contributed by atoms with Gasteiger partial charge in [0.15, 0.2) is 5.11 Å². The quantitative estimate of drug-likeness (QED) is 0.794. The van der Waals surface area contributed by atoms with Gasteiger partial charge in [0, 0.05) is 24.6 Å². The Bertz CT molecular complexity index is 616. The van der Waals surface area contributed by atoms with Gasteiger partial charge in [-0.25, -0.2) is 0 Å². The number of aromatic nitrogens is 1.